The molecule has 2 aromatic rings. The fourth-order valence-electron chi connectivity index (χ4n) is 0.816. The Morgan fingerprint density at radius 1 is 1.40 bits per heavy atom. The highest BCUT2D eigenvalue weighted by Crippen LogP contribution is 1.95. The zero-order valence-corrected chi connectivity index (χ0v) is 5.52. The molecule has 0 amide bonds. The van der Waals surface area contributed by atoms with E-state index in [9.17, 15) is 0 Å². The van der Waals surface area contributed by atoms with Crippen LogP contribution in [0.5, 0.6) is 0 Å². The molecule has 0 spiro atoms. The SMILES string of the molecule is Cc1ncc2cncn2n1. The van der Waals surface area contributed by atoms with E-state index in [-0.39, 0.29) is 0 Å². The maximum absolute atomic E-state index is 4.08. The third kappa shape index (κ3) is 0.655. The summed E-state index contributed by atoms with van der Waals surface area (Å²) >= 11 is 0. The first-order valence-corrected chi connectivity index (χ1v) is 2.98. The lowest BCUT2D eigenvalue weighted by Gasteiger charge is -1.90. The largest absolute Gasteiger partial charge is 0.242 e. The van der Waals surface area contributed by atoms with E-state index in [0.717, 1.165) is 11.3 Å². The van der Waals surface area contributed by atoms with Gasteiger partial charge in [-0.2, -0.15) is 5.10 Å². The Hall–Kier alpha value is -1.45. The van der Waals surface area contributed by atoms with E-state index in [0.29, 0.717) is 0 Å². The summed E-state index contributed by atoms with van der Waals surface area (Å²) < 4.78 is 1.70. The maximum atomic E-state index is 4.08. The number of fused-ring (bicyclic) bond motifs is 1. The molecule has 0 fully saturated rings. The summed E-state index contributed by atoms with van der Waals surface area (Å²) in [7, 11) is 0. The van der Waals surface area contributed by atoms with Crippen LogP contribution in [0.25, 0.3) is 5.52 Å². The summed E-state index contributed by atoms with van der Waals surface area (Å²) in [5, 5.41) is 4.08. The highest BCUT2D eigenvalue weighted by Gasteiger charge is 1.92. The Morgan fingerprint density at radius 3 is 3.20 bits per heavy atom. The van der Waals surface area contributed by atoms with E-state index in [1.165, 1.54) is 0 Å². The van der Waals surface area contributed by atoms with Crippen molar-refractivity contribution in [3.8, 4) is 0 Å². The van der Waals surface area contributed by atoms with Gasteiger partial charge in [-0.25, -0.2) is 14.5 Å². The van der Waals surface area contributed by atoms with Crippen molar-refractivity contribution in [2.45, 2.75) is 6.92 Å². The molecule has 0 radical (unpaired) electrons. The van der Waals surface area contributed by atoms with Gasteiger partial charge in [0.2, 0.25) is 0 Å². The van der Waals surface area contributed by atoms with Gasteiger partial charge in [-0.1, -0.05) is 0 Å². The molecule has 10 heavy (non-hydrogen) atoms. The third-order valence-corrected chi connectivity index (χ3v) is 1.28. The van der Waals surface area contributed by atoms with E-state index in [1.54, 1.807) is 23.2 Å². The second-order valence-corrected chi connectivity index (χ2v) is 2.07. The number of hydrogen-bond donors (Lipinski definition) is 0. The quantitative estimate of drug-likeness (QED) is 0.524. The van der Waals surface area contributed by atoms with Gasteiger partial charge in [0, 0.05) is 0 Å². The van der Waals surface area contributed by atoms with Gasteiger partial charge < -0.3 is 0 Å². The van der Waals surface area contributed by atoms with Gasteiger partial charge in [-0.15, -0.1) is 0 Å². The fourth-order valence-corrected chi connectivity index (χ4v) is 0.816. The number of nitrogens with zero attached hydrogens (tertiary/aromatic N) is 4. The predicted octanol–water partition coefficient (Wildman–Crippen LogP) is 0.433. The highest BCUT2D eigenvalue weighted by molar-refractivity contribution is 5.39. The van der Waals surface area contributed by atoms with E-state index >= 15 is 0 Å². The summed E-state index contributed by atoms with van der Waals surface area (Å²) in [6.07, 6.45) is 5.12. The van der Waals surface area contributed by atoms with Crippen molar-refractivity contribution in [3.05, 3.63) is 24.5 Å². The number of aromatic nitrogens is 4. The van der Waals surface area contributed by atoms with Crippen LogP contribution in [0.2, 0.25) is 0 Å². The zero-order valence-electron chi connectivity index (χ0n) is 5.52. The lowest BCUT2D eigenvalue weighted by molar-refractivity contribution is 0.848. The molecule has 0 N–H and O–H groups in total. The molecule has 0 aliphatic carbocycles. The average molecular weight is 134 g/mol. The van der Waals surface area contributed by atoms with Gasteiger partial charge in [-0.05, 0) is 6.92 Å². The topological polar surface area (TPSA) is 43.1 Å². The van der Waals surface area contributed by atoms with Crippen molar-refractivity contribution in [1.82, 2.24) is 19.6 Å². The van der Waals surface area contributed by atoms with E-state index in [1.807, 2.05) is 6.92 Å². The molecule has 0 atom stereocenters. The van der Waals surface area contributed by atoms with Crippen molar-refractivity contribution >= 4 is 5.52 Å². The summed E-state index contributed by atoms with van der Waals surface area (Å²) in [5.74, 6) is 0.755. The minimum Gasteiger partial charge on any atom is -0.242 e. The van der Waals surface area contributed by atoms with Crippen LogP contribution >= 0.6 is 0 Å². The molecular weight excluding hydrogens is 128 g/mol. The van der Waals surface area contributed by atoms with E-state index in [2.05, 4.69) is 15.1 Å². The fraction of sp³-hybridized carbons (Fsp3) is 0.167. The zero-order chi connectivity index (χ0) is 6.97. The van der Waals surface area contributed by atoms with Gasteiger partial charge in [0.25, 0.3) is 0 Å². The minimum absolute atomic E-state index is 0.755. The molecule has 4 nitrogen and oxygen atoms in total. The predicted molar refractivity (Wildman–Crippen MR) is 35.5 cm³/mol. The summed E-state index contributed by atoms with van der Waals surface area (Å²) in [6.45, 7) is 1.85. The number of rotatable bonds is 0. The van der Waals surface area contributed by atoms with Gasteiger partial charge in [0.15, 0.2) is 0 Å². The lowest BCUT2D eigenvalue weighted by Crippen LogP contribution is -1.94. The maximum Gasteiger partial charge on any atom is 0.146 e. The first kappa shape index (κ1) is 5.34. The van der Waals surface area contributed by atoms with Crippen molar-refractivity contribution in [3.63, 3.8) is 0 Å². The summed E-state index contributed by atoms with van der Waals surface area (Å²) in [4.78, 5) is 7.91. The average Bonchev–Trinajstić information content (AvgIpc) is 2.33. The van der Waals surface area contributed by atoms with Crippen LogP contribution in [0.15, 0.2) is 18.7 Å². The molecule has 2 heterocycles. The number of imidazole rings is 1. The van der Waals surface area contributed by atoms with Crippen molar-refractivity contribution in [2.24, 2.45) is 0 Å². The van der Waals surface area contributed by atoms with Crippen molar-refractivity contribution in [1.29, 1.82) is 0 Å². The first-order valence-electron chi connectivity index (χ1n) is 2.98. The van der Waals surface area contributed by atoms with Crippen LogP contribution in [-0.4, -0.2) is 19.6 Å². The Bertz CT molecular complexity index is 351. The molecule has 0 aliphatic heterocycles. The molecule has 0 aliphatic rings. The van der Waals surface area contributed by atoms with Crippen molar-refractivity contribution in [2.75, 3.05) is 0 Å². The molecule has 0 saturated heterocycles. The Balaban J connectivity index is 2.86. The molecule has 0 unspecified atom stereocenters. The summed E-state index contributed by atoms with van der Waals surface area (Å²) in [5.41, 5.74) is 0.922. The second-order valence-electron chi connectivity index (χ2n) is 2.07. The molecule has 0 aromatic carbocycles. The van der Waals surface area contributed by atoms with Crippen LogP contribution in [0.4, 0.5) is 0 Å². The Kier molecular flexibility index (Phi) is 0.943. The number of hydrogen-bond acceptors (Lipinski definition) is 3. The van der Waals surface area contributed by atoms with Crippen molar-refractivity contribution < 1.29 is 0 Å². The third-order valence-electron chi connectivity index (χ3n) is 1.28. The normalized spacial score (nSPS) is 10.5. The van der Waals surface area contributed by atoms with Gasteiger partial charge in [0.05, 0.1) is 12.4 Å². The van der Waals surface area contributed by atoms with Gasteiger partial charge >= 0.3 is 0 Å². The molecular formula is C6H6N4. The van der Waals surface area contributed by atoms with Crippen LogP contribution in [0, 0.1) is 6.92 Å². The minimum atomic E-state index is 0.755. The van der Waals surface area contributed by atoms with Crippen LogP contribution in [0.1, 0.15) is 5.82 Å². The molecule has 2 aromatic heterocycles. The molecule has 50 valence electrons. The second kappa shape index (κ2) is 1.76. The van der Waals surface area contributed by atoms with Gasteiger partial charge in [-0.3, -0.25) is 0 Å². The summed E-state index contributed by atoms with van der Waals surface area (Å²) in [6, 6.07) is 0. The van der Waals surface area contributed by atoms with Gasteiger partial charge in [0.1, 0.15) is 17.7 Å². The van der Waals surface area contributed by atoms with E-state index < -0.39 is 0 Å². The molecule has 0 bridgehead atoms. The lowest BCUT2D eigenvalue weighted by atomic mass is 10.6. The standard InChI is InChI=1S/C6H6N4/c1-5-8-3-6-2-7-4-10(6)9-5/h2-4H,1H3. The van der Waals surface area contributed by atoms with Crippen LogP contribution in [0.3, 0.4) is 0 Å². The molecule has 4 heteroatoms. The molecule has 2 rings (SSSR count). The Morgan fingerprint density at radius 2 is 2.30 bits per heavy atom. The number of aryl methyl sites for hydroxylation is 1. The highest BCUT2D eigenvalue weighted by atomic mass is 15.3. The van der Waals surface area contributed by atoms with Crippen LogP contribution in [-0.2, 0) is 0 Å². The molecule has 0 saturated carbocycles. The monoisotopic (exact) mass is 134 g/mol. The smallest absolute Gasteiger partial charge is 0.146 e. The first-order chi connectivity index (χ1) is 4.86. The van der Waals surface area contributed by atoms with Crippen LogP contribution < -0.4 is 0 Å². The van der Waals surface area contributed by atoms with E-state index in [4.69, 9.17) is 0 Å². The Labute approximate surface area is 57.5 Å².